The minimum absolute atomic E-state index is 0.150. The van der Waals surface area contributed by atoms with Gasteiger partial charge in [0, 0.05) is 22.6 Å². The van der Waals surface area contributed by atoms with Gasteiger partial charge in [-0.15, -0.1) is 0 Å². The largest absolute Gasteiger partial charge is 0.426 e. The van der Waals surface area contributed by atoms with Gasteiger partial charge >= 0.3 is 10.0 Å². The maximum absolute atomic E-state index is 11.2. The molecule has 6 heteroatoms. The minimum atomic E-state index is -4.91. The van der Waals surface area contributed by atoms with Crippen molar-refractivity contribution in [2.24, 2.45) is 0 Å². The van der Waals surface area contributed by atoms with Crippen molar-refractivity contribution in [2.75, 3.05) is 0 Å². The summed E-state index contributed by atoms with van der Waals surface area (Å²) in [5.41, 5.74) is 0. The molecule has 0 aromatic carbocycles. The monoisotopic (exact) mass is 244 g/mol. The number of hydrogen-bond acceptors (Lipinski definition) is 1. The second kappa shape index (κ2) is 1.98. The smallest absolute Gasteiger partial charge is 0.331 e. The van der Waals surface area contributed by atoms with Crippen molar-refractivity contribution >= 4 is 22.6 Å². The Bertz CT molecular complexity index is 69.0. The highest BCUT2D eigenvalue weighted by atomic mass is 127. The van der Waals surface area contributed by atoms with Crippen molar-refractivity contribution in [3.63, 3.8) is 0 Å². The van der Waals surface area contributed by atoms with Gasteiger partial charge in [-0.3, -0.25) is 0 Å². The highest BCUT2D eigenvalue weighted by Crippen LogP contribution is 2.37. The van der Waals surface area contributed by atoms with Crippen LogP contribution in [0.1, 0.15) is 0 Å². The van der Waals surface area contributed by atoms with Crippen LogP contribution in [0.2, 0.25) is 0 Å². The van der Waals surface area contributed by atoms with Gasteiger partial charge in [-0.05, 0) is 0 Å². The molecule has 0 aromatic rings. The SMILES string of the molecule is OC(F)(F)C(F)(F)I. The van der Waals surface area contributed by atoms with E-state index in [1.165, 1.54) is 0 Å². The molecule has 0 rings (SSSR count). The van der Waals surface area contributed by atoms with Crippen molar-refractivity contribution in [2.45, 2.75) is 10.0 Å². The molecular formula is C2HF4IO. The molecule has 0 aliphatic rings. The van der Waals surface area contributed by atoms with Crippen LogP contribution in [0.25, 0.3) is 0 Å². The number of rotatable bonds is 1. The lowest BCUT2D eigenvalue weighted by atomic mass is 10.7. The lowest BCUT2D eigenvalue weighted by Crippen LogP contribution is -2.33. The molecule has 50 valence electrons. The topological polar surface area (TPSA) is 20.2 Å². The summed E-state index contributed by atoms with van der Waals surface area (Å²) in [6.45, 7) is 0. The van der Waals surface area contributed by atoms with Gasteiger partial charge in [0.15, 0.2) is 0 Å². The van der Waals surface area contributed by atoms with E-state index in [9.17, 15) is 17.6 Å². The first-order chi connectivity index (χ1) is 3.25. The Kier molecular flexibility index (Phi) is 2.08. The average molecular weight is 244 g/mol. The molecule has 0 aliphatic heterocycles. The van der Waals surface area contributed by atoms with Crippen LogP contribution in [0.3, 0.4) is 0 Å². The molecule has 0 heterocycles. The Labute approximate surface area is 55.8 Å². The molecule has 0 fully saturated rings. The first-order valence-corrected chi connectivity index (χ1v) is 2.50. The number of aliphatic hydroxyl groups is 1. The highest BCUT2D eigenvalue weighted by molar-refractivity contribution is 14.1. The molecule has 0 unspecified atom stereocenters. The van der Waals surface area contributed by atoms with E-state index in [-0.39, 0.29) is 22.6 Å². The van der Waals surface area contributed by atoms with Crippen LogP contribution >= 0.6 is 22.6 Å². The van der Waals surface area contributed by atoms with Gasteiger partial charge in [-0.1, -0.05) is 0 Å². The Hall–Kier alpha value is 0.410. The molecule has 0 amide bonds. The minimum Gasteiger partial charge on any atom is -0.331 e. The molecule has 0 saturated heterocycles. The van der Waals surface area contributed by atoms with E-state index in [1.807, 2.05) is 0 Å². The highest BCUT2D eigenvalue weighted by Gasteiger charge is 2.52. The fourth-order valence-corrected chi connectivity index (χ4v) is 0. The third-order valence-electron chi connectivity index (χ3n) is 0.341. The summed E-state index contributed by atoms with van der Waals surface area (Å²) < 4.78 is 40.1. The first kappa shape index (κ1) is 8.41. The van der Waals surface area contributed by atoms with Crippen LogP contribution in [0, 0.1) is 0 Å². The Morgan fingerprint density at radius 1 is 1.12 bits per heavy atom. The number of halogens is 5. The molecule has 0 spiro atoms. The summed E-state index contributed by atoms with van der Waals surface area (Å²) in [4.78, 5) is 0. The van der Waals surface area contributed by atoms with Gasteiger partial charge in [-0.25, -0.2) is 0 Å². The second-order valence-electron chi connectivity index (χ2n) is 1.04. The van der Waals surface area contributed by atoms with E-state index in [0.717, 1.165) is 0 Å². The maximum atomic E-state index is 11.2. The molecule has 1 nitrogen and oxygen atoms in total. The maximum Gasteiger partial charge on any atom is 0.426 e. The Morgan fingerprint density at radius 2 is 1.25 bits per heavy atom. The van der Waals surface area contributed by atoms with E-state index >= 15 is 0 Å². The van der Waals surface area contributed by atoms with Crippen molar-refractivity contribution < 1.29 is 22.7 Å². The predicted octanol–water partition coefficient (Wildman–Crippen LogP) is 1.60. The third-order valence-corrected chi connectivity index (χ3v) is 0.990. The zero-order valence-electron chi connectivity index (χ0n) is 3.34. The van der Waals surface area contributed by atoms with Crippen molar-refractivity contribution in [3.05, 3.63) is 0 Å². The van der Waals surface area contributed by atoms with Gasteiger partial charge in [0.25, 0.3) is 0 Å². The molecule has 1 N–H and O–H groups in total. The molecule has 0 saturated carbocycles. The van der Waals surface area contributed by atoms with Gasteiger partial charge in [0.2, 0.25) is 0 Å². The molecule has 0 aliphatic carbocycles. The van der Waals surface area contributed by atoms with Crippen molar-refractivity contribution in [3.8, 4) is 0 Å². The predicted molar refractivity (Wildman–Crippen MR) is 26.1 cm³/mol. The van der Waals surface area contributed by atoms with E-state index in [0.29, 0.717) is 0 Å². The summed E-state index contributed by atoms with van der Waals surface area (Å²) >= 11 is 0.150. The molecule has 0 atom stereocenters. The van der Waals surface area contributed by atoms with Crippen LogP contribution in [-0.4, -0.2) is 15.1 Å². The zero-order valence-corrected chi connectivity index (χ0v) is 5.49. The summed E-state index contributed by atoms with van der Waals surface area (Å²) in [5, 5.41) is 7.26. The van der Waals surface area contributed by atoms with Crippen molar-refractivity contribution in [1.82, 2.24) is 0 Å². The normalized spacial score (nSPS) is 14.2. The van der Waals surface area contributed by atoms with Crippen LogP contribution in [0.4, 0.5) is 17.6 Å². The molecule has 0 bridgehead atoms. The van der Waals surface area contributed by atoms with Gasteiger partial charge < -0.3 is 5.11 Å². The van der Waals surface area contributed by atoms with Gasteiger partial charge in [-0.2, -0.15) is 17.6 Å². The first-order valence-electron chi connectivity index (χ1n) is 1.42. The zero-order chi connectivity index (χ0) is 7.00. The van der Waals surface area contributed by atoms with E-state index in [2.05, 4.69) is 0 Å². The summed E-state index contributed by atoms with van der Waals surface area (Å²) in [7, 11) is 0. The van der Waals surface area contributed by atoms with Crippen LogP contribution < -0.4 is 0 Å². The third kappa shape index (κ3) is 2.12. The standard InChI is InChI=1S/C2HF4IO/c3-1(4,7)2(5,6)8/h8H. The van der Waals surface area contributed by atoms with E-state index < -0.39 is 10.0 Å². The lowest BCUT2D eigenvalue weighted by molar-refractivity contribution is -0.279. The fourth-order valence-electron chi connectivity index (χ4n) is 0. The molecular weight excluding hydrogens is 243 g/mol. The van der Waals surface area contributed by atoms with Crippen LogP contribution in [-0.2, 0) is 0 Å². The summed E-state index contributed by atoms with van der Waals surface area (Å²) in [5.74, 6) is 0. The summed E-state index contributed by atoms with van der Waals surface area (Å²) in [6, 6.07) is 0. The number of alkyl halides is 5. The molecule has 8 heavy (non-hydrogen) atoms. The van der Waals surface area contributed by atoms with Gasteiger partial charge in [0.1, 0.15) is 0 Å². The Balaban J connectivity index is 4.02. The summed E-state index contributed by atoms with van der Waals surface area (Å²) in [6.07, 6.45) is -4.91. The lowest BCUT2D eigenvalue weighted by Gasteiger charge is -2.13. The molecule has 0 aromatic heterocycles. The fraction of sp³-hybridized carbons (Fsp3) is 1.00. The molecule has 0 radical (unpaired) electrons. The second-order valence-corrected chi connectivity index (χ2v) is 2.39. The van der Waals surface area contributed by atoms with Gasteiger partial charge in [0.05, 0.1) is 0 Å². The number of hydrogen-bond donors (Lipinski definition) is 1. The van der Waals surface area contributed by atoms with Crippen molar-refractivity contribution in [1.29, 1.82) is 0 Å². The van der Waals surface area contributed by atoms with Crippen LogP contribution in [0.5, 0.6) is 0 Å². The Morgan fingerprint density at radius 3 is 1.25 bits per heavy atom. The quantitative estimate of drug-likeness (QED) is 0.422. The van der Waals surface area contributed by atoms with Crippen LogP contribution in [0.15, 0.2) is 0 Å². The average Bonchev–Trinajstić information content (AvgIpc) is 1.25. The van der Waals surface area contributed by atoms with E-state index in [1.54, 1.807) is 0 Å². The van der Waals surface area contributed by atoms with E-state index in [4.69, 9.17) is 5.11 Å².